The molecule has 0 spiro atoms. The average Bonchev–Trinajstić information content (AvgIpc) is 2.63. The molecule has 1 aromatic carbocycles. The van der Waals surface area contributed by atoms with E-state index in [4.69, 9.17) is 0 Å². The third kappa shape index (κ3) is 5.55. The lowest BCUT2D eigenvalue weighted by Crippen LogP contribution is -2.50. The zero-order chi connectivity index (χ0) is 17.5. The quantitative estimate of drug-likeness (QED) is 0.841. The highest BCUT2D eigenvalue weighted by molar-refractivity contribution is 5.38. The molecule has 0 bridgehead atoms. The minimum Gasteiger partial charge on any atom is -0.357 e. The molecule has 1 aliphatic heterocycles. The highest BCUT2D eigenvalue weighted by Gasteiger charge is 2.22. The van der Waals surface area contributed by atoms with Gasteiger partial charge in [0.2, 0.25) is 0 Å². The second-order valence-corrected chi connectivity index (χ2v) is 7.26. The standard InChI is InChI=1S/C21H30N4/c1-24(2)17-20(16-18-8-4-3-5-9-18)23-19-11-14-25(15-12-19)21-10-6-7-13-22-21/h3-10,13,19-20,23H,11-12,14-17H2,1-2H3/t20-/m1/s1. The summed E-state index contributed by atoms with van der Waals surface area (Å²) in [5, 5.41) is 3.92. The van der Waals surface area contributed by atoms with E-state index in [9.17, 15) is 0 Å². The molecule has 0 radical (unpaired) electrons. The van der Waals surface area contributed by atoms with E-state index < -0.39 is 0 Å². The summed E-state index contributed by atoms with van der Waals surface area (Å²) in [6, 6.07) is 18.1. The van der Waals surface area contributed by atoms with Crippen molar-refractivity contribution < 1.29 is 0 Å². The molecule has 0 saturated carbocycles. The fraction of sp³-hybridized carbons (Fsp3) is 0.476. The number of aromatic nitrogens is 1. The number of nitrogens with zero attached hydrogens (tertiary/aromatic N) is 3. The van der Waals surface area contributed by atoms with Gasteiger partial charge in [0, 0.05) is 37.9 Å². The van der Waals surface area contributed by atoms with Gasteiger partial charge in [-0.3, -0.25) is 0 Å². The zero-order valence-corrected chi connectivity index (χ0v) is 15.4. The van der Waals surface area contributed by atoms with Gasteiger partial charge in [0.15, 0.2) is 0 Å². The Morgan fingerprint density at radius 3 is 2.44 bits per heavy atom. The van der Waals surface area contributed by atoms with Crippen molar-refractivity contribution in [3.05, 3.63) is 60.3 Å². The van der Waals surface area contributed by atoms with Crippen molar-refractivity contribution in [1.29, 1.82) is 0 Å². The van der Waals surface area contributed by atoms with E-state index in [0.717, 1.165) is 31.9 Å². The van der Waals surface area contributed by atoms with Crippen LogP contribution in [0.1, 0.15) is 18.4 Å². The van der Waals surface area contributed by atoms with Crippen LogP contribution in [0.2, 0.25) is 0 Å². The number of pyridine rings is 1. The van der Waals surface area contributed by atoms with Gasteiger partial charge >= 0.3 is 0 Å². The lowest BCUT2D eigenvalue weighted by molar-refractivity contribution is 0.294. The van der Waals surface area contributed by atoms with Gasteiger partial charge in [-0.1, -0.05) is 36.4 Å². The first-order chi connectivity index (χ1) is 12.2. The lowest BCUT2D eigenvalue weighted by atomic mass is 10.0. The van der Waals surface area contributed by atoms with E-state index >= 15 is 0 Å². The van der Waals surface area contributed by atoms with Gasteiger partial charge in [0.1, 0.15) is 5.82 Å². The molecule has 2 aromatic rings. The molecular weight excluding hydrogens is 308 g/mol. The number of benzene rings is 1. The number of anilines is 1. The van der Waals surface area contributed by atoms with Gasteiger partial charge in [0.05, 0.1) is 0 Å². The number of piperidine rings is 1. The van der Waals surface area contributed by atoms with E-state index in [1.54, 1.807) is 0 Å². The summed E-state index contributed by atoms with van der Waals surface area (Å²) in [5.74, 6) is 1.11. The molecule has 1 aliphatic rings. The van der Waals surface area contributed by atoms with Crippen LogP contribution in [0.3, 0.4) is 0 Å². The maximum absolute atomic E-state index is 4.48. The second kappa shape index (κ2) is 8.97. The van der Waals surface area contributed by atoms with E-state index in [2.05, 4.69) is 76.7 Å². The molecule has 1 atom stereocenters. The molecule has 1 aromatic heterocycles. The van der Waals surface area contributed by atoms with Gasteiger partial charge in [-0.25, -0.2) is 4.98 Å². The molecule has 4 heteroatoms. The Balaban J connectivity index is 1.54. The monoisotopic (exact) mass is 338 g/mol. The number of rotatable bonds is 7. The molecule has 0 amide bonds. The van der Waals surface area contributed by atoms with Crippen LogP contribution >= 0.6 is 0 Å². The van der Waals surface area contributed by atoms with Crippen molar-refractivity contribution in [2.45, 2.75) is 31.3 Å². The molecule has 3 rings (SSSR count). The molecule has 0 unspecified atom stereocenters. The Morgan fingerprint density at radius 1 is 1.08 bits per heavy atom. The highest BCUT2D eigenvalue weighted by Crippen LogP contribution is 2.18. The zero-order valence-electron chi connectivity index (χ0n) is 15.4. The first-order valence-corrected chi connectivity index (χ1v) is 9.31. The van der Waals surface area contributed by atoms with E-state index in [0.29, 0.717) is 12.1 Å². The van der Waals surface area contributed by atoms with Gasteiger partial charge in [-0.15, -0.1) is 0 Å². The molecule has 0 aliphatic carbocycles. The predicted molar refractivity (Wildman–Crippen MR) is 105 cm³/mol. The molecule has 25 heavy (non-hydrogen) atoms. The minimum atomic E-state index is 0.490. The van der Waals surface area contributed by atoms with Crippen molar-refractivity contribution >= 4 is 5.82 Å². The number of hydrogen-bond acceptors (Lipinski definition) is 4. The number of hydrogen-bond donors (Lipinski definition) is 1. The smallest absolute Gasteiger partial charge is 0.128 e. The maximum atomic E-state index is 4.48. The Bertz CT molecular complexity index is 606. The maximum Gasteiger partial charge on any atom is 0.128 e. The Kier molecular flexibility index (Phi) is 6.42. The summed E-state index contributed by atoms with van der Waals surface area (Å²) < 4.78 is 0. The van der Waals surface area contributed by atoms with Gasteiger partial charge < -0.3 is 15.1 Å². The lowest BCUT2D eigenvalue weighted by Gasteiger charge is -2.36. The fourth-order valence-electron chi connectivity index (χ4n) is 3.66. The summed E-state index contributed by atoms with van der Waals surface area (Å²) in [5.41, 5.74) is 1.41. The minimum absolute atomic E-state index is 0.490. The van der Waals surface area contributed by atoms with Crippen molar-refractivity contribution in [3.63, 3.8) is 0 Å². The normalized spacial score (nSPS) is 17.0. The molecular formula is C21H30N4. The van der Waals surface area contributed by atoms with E-state index in [1.165, 1.54) is 18.4 Å². The summed E-state index contributed by atoms with van der Waals surface area (Å²) >= 11 is 0. The number of nitrogens with one attached hydrogen (secondary N) is 1. The summed E-state index contributed by atoms with van der Waals surface area (Å²) in [6.07, 6.45) is 5.32. The van der Waals surface area contributed by atoms with Gasteiger partial charge in [-0.05, 0) is 51.1 Å². The third-order valence-corrected chi connectivity index (χ3v) is 4.85. The third-order valence-electron chi connectivity index (χ3n) is 4.85. The van der Waals surface area contributed by atoms with Crippen LogP contribution < -0.4 is 10.2 Å². The second-order valence-electron chi connectivity index (χ2n) is 7.26. The van der Waals surface area contributed by atoms with Crippen molar-refractivity contribution in [1.82, 2.24) is 15.2 Å². The topological polar surface area (TPSA) is 31.4 Å². The molecule has 1 N–H and O–H groups in total. The Labute approximate surface area is 151 Å². The molecule has 4 nitrogen and oxygen atoms in total. The van der Waals surface area contributed by atoms with Crippen LogP contribution in [0.15, 0.2) is 54.7 Å². The average molecular weight is 338 g/mol. The first kappa shape index (κ1) is 17.9. The Hall–Kier alpha value is -1.91. The van der Waals surface area contributed by atoms with Crippen LogP contribution in [-0.4, -0.2) is 55.7 Å². The summed E-state index contributed by atoms with van der Waals surface area (Å²) in [7, 11) is 4.31. The largest absolute Gasteiger partial charge is 0.357 e. The summed E-state index contributed by atoms with van der Waals surface area (Å²) in [6.45, 7) is 3.22. The first-order valence-electron chi connectivity index (χ1n) is 9.31. The van der Waals surface area contributed by atoms with E-state index in [1.807, 2.05) is 12.3 Å². The fourth-order valence-corrected chi connectivity index (χ4v) is 3.66. The molecule has 1 saturated heterocycles. The van der Waals surface area contributed by atoms with E-state index in [-0.39, 0.29) is 0 Å². The van der Waals surface area contributed by atoms with Gasteiger partial charge in [-0.2, -0.15) is 0 Å². The molecule has 2 heterocycles. The van der Waals surface area contributed by atoms with Crippen LogP contribution in [0.4, 0.5) is 5.82 Å². The summed E-state index contributed by atoms with van der Waals surface area (Å²) in [4.78, 5) is 9.16. The van der Waals surface area contributed by atoms with Crippen LogP contribution in [-0.2, 0) is 6.42 Å². The van der Waals surface area contributed by atoms with Crippen LogP contribution in [0.5, 0.6) is 0 Å². The Morgan fingerprint density at radius 2 is 1.80 bits per heavy atom. The SMILES string of the molecule is CN(C)C[C@@H](Cc1ccccc1)NC1CCN(c2ccccn2)CC1. The molecule has 134 valence electrons. The van der Waals surface area contributed by atoms with Gasteiger partial charge in [0.25, 0.3) is 0 Å². The van der Waals surface area contributed by atoms with Crippen LogP contribution in [0, 0.1) is 0 Å². The molecule has 1 fully saturated rings. The van der Waals surface area contributed by atoms with Crippen molar-refractivity contribution in [2.24, 2.45) is 0 Å². The van der Waals surface area contributed by atoms with Crippen LogP contribution in [0.25, 0.3) is 0 Å². The highest BCUT2D eigenvalue weighted by atomic mass is 15.2. The predicted octanol–water partition coefficient (Wildman–Crippen LogP) is 2.81. The van der Waals surface area contributed by atoms with Crippen molar-refractivity contribution in [2.75, 3.05) is 38.6 Å². The number of likely N-dealkylation sites (N-methyl/N-ethyl adjacent to an activating group) is 1. The van der Waals surface area contributed by atoms with Crippen molar-refractivity contribution in [3.8, 4) is 0 Å².